The molecule has 0 saturated heterocycles. The molecule has 0 aliphatic carbocycles. The molecule has 1 aromatic carbocycles. The Hall–Kier alpha value is -0.840. The number of rotatable bonds is 4. The number of nitrogen functional groups attached to an aromatic ring is 1. The molecule has 0 saturated carbocycles. The van der Waals surface area contributed by atoms with Crippen molar-refractivity contribution in [3.8, 4) is 0 Å². The van der Waals surface area contributed by atoms with Crippen LogP contribution in [0.5, 0.6) is 0 Å². The SMILES string of the molecule is Nc1ccc(S(=O)CCc2ccsc2)c(Cl)c1. The molecule has 2 aromatic rings. The first-order chi connectivity index (χ1) is 8.16. The lowest BCUT2D eigenvalue weighted by molar-refractivity contribution is 0.682. The zero-order chi connectivity index (χ0) is 12.3. The van der Waals surface area contributed by atoms with Gasteiger partial charge in [-0.15, -0.1) is 0 Å². The highest BCUT2D eigenvalue weighted by Crippen LogP contribution is 2.23. The van der Waals surface area contributed by atoms with Crippen LogP contribution >= 0.6 is 22.9 Å². The van der Waals surface area contributed by atoms with Gasteiger partial charge in [0.2, 0.25) is 0 Å². The molecule has 0 fully saturated rings. The Morgan fingerprint density at radius 2 is 2.18 bits per heavy atom. The summed E-state index contributed by atoms with van der Waals surface area (Å²) in [5.41, 5.74) is 7.41. The summed E-state index contributed by atoms with van der Waals surface area (Å²) in [6.45, 7) is 0. The summed E-state index contributed by atoms with van der Waals surface area (Å²) in [4.78, 5) is 0.663. The third-order valence-electron chi connectivity index (χ3n) is 2.36. The lowest BCUT2D eigenvalue weighted by atomic mass is 10.3. The minimum atomic E-state index is -1.07. The maximum absolute atomic E-state index is 12.1. The van der Waals surface area contributed by atoms with Crippen molar-refractivity contribution in [3.05, 3.63) is 45.6 Å². The van der Waals surface area contributed by atoms with Crippen LogP contribution in [0.15, 0.2) is 39.9 Å². The van der Waals surface area contributed by atoms with Crippen molar-refractivity contribution in [3.63, 3.8) is 0 Å². The van der Waals surface area contributed by atoms with Gasteiger partial charge in [-0.25, -0.2) is 0 Å². The molecule has 1 aromatic heterocycles. The van der Waals surface area contributed by atoms with Crippen LogP contribution in [0.2, 0.25) is 5.02 Å². The Kier molecular flexibility index (Phi) is 4.20. The molecule has 90 valence electrons. The molecule has 0 aliphatic rings. The van der Waals surface area contributed by atoms with Gasteiger partial charge in [0.05, 0.1) is 20.7 Å². The quantitative estimate of drug-likeness (QED) is 0.876. The Labute approximate surface area is 112 Å². The predicted octanol–water partition coefficient (Wildman–Crippen LogP) is 3.33. The van der Waals surface area contributed by atoms with Crippen molar-refractivity contribution in [2.24, 2.45) is 0 Å². The van der Waals surface area contributed by atoms with E-state index in [-0.39, 0.29) is 0 Å². The fourth-order valence-electron chi connectivity index (χ4n) is 1.46. The van der Waals surface area contributed by atoms with Crippen LogP contribution in [-0.4, -0.2) is 9.96 Å². The number of halogens is 1. The van der Waals surface area contributed by atoms with E-state index in [2.05, 4.69) is 5.38 Å². The van der Waals surface area contributed by atoms with E-state index in [4.69, 9.17) is 17.3 Å². The molecular formula is C12H12ClNOS2. The van der Waals surface area contributed by atoms with Gasteiger partial charge in [-0.2, -0.15) is 11.3 Å². The Balaban J connectivity index is 2.04. The Morgan fingerprint density at radius 1 is 1.35 bits per heavy atom. The highest BCUT2D eigenvalue weighted by atomic mass is 35.5. The van der Waals surface area contributed by atoms with E-state index in [1.54, 1.807) is 29.5 Å². The molecule has 1 heterocycles. The van der Waals surface area contributed by atoms with Crippen LogP contribution in [0.4, 0.5) is 5.69 Å². The number of benzene rings is 1. The summed E-state index contributed by atoms with van der Waals surface area (Å²) in [7, 11) is -1.07. The lowest BCUT2D eigenvalue weighted by Gasteiger charge is -2.04. The number of hydrogen-bond acceptors (Lipinski definition) is 3. The molecule has 0 amide bonds. The van der Waals surface area contributed by atoms with Crippen LogP contribution in [0.3, 0.4) is 0 Å². The largest absolute Gasteiger partial charge is 0.399 e. The summed E-state index contributed by atoms with van der Waals surface area (Å²) in [5, 5.41) is 4.57. The van der Waals surface area contributed by atoms with Crippen molar-refractivity contribution < 1.29 is 4.21 Å². The van der Waals surface area contributed by atoms with Crippen LogP contribution in [0.25, 0.3) is 0 Å². The molecule has 0 radical (unpaired) electrons. The molecule has 1 atom stereocenters. The zero-order valence-electron chi connectivity index (χ0n) is 9.06. The van der Waals surface area contributed by atoms with Gasteiger partial charge < -0.3 is 5.73 Å². The average molecular weight is 286 g/mol. The number of nitrogens with two attached hydrogens (primary N) is 1. The molecule has 0 bridgehead atoms. The number of thiophene rings is 1. The number of aryl methyl sites for hydroxylation is 1. The van der Waals surface area contributed by atoms with Gasteiger partial charge in [-0.1, -0.05) is 11.6 Å². The van der Waals surface area contributed by atoms with E-state index >= 15 is 0 Å². The first-order valence-electron chi connectivity index (χ1n) is 5.11. The summed E-state index contributed by atoms with van der Waals surface area (Å²) in [6.07, 6.45) is 0.802. The lowest BCUT2D eigenvalue weighted by Crippen LogP contribution is -2.02. The van der Waals surface area contributed by atoms with Crippen LogP contribution in [-0.2, 0) is 17.2 Å². The first kappa shape index (κ1) is 12.6. The molecule has 17 heavy (non-hydrogen) atoms. The summed E-state index contributed by atoms with van der Waals surface area (Å²) in [5.74, 6) is 0.584. The third kappa shape index (κ3) is 3.31. The van der Waals surface area contributed by atoms with Crippen LogP contribution in [0, 0.1) is 0 Å². The average Bonchev–Trinajstić information content (AvgIpc) is 2.78. The van der Waals surface area contributed by atoms with Crippen molar-refractivity contribution in [2.45, 2.75) is 11.3 Å². The van der Waals surface area contributed by atoms with E-state index in [1.165, 1.54) is 5.56 Å². The maximum Gasteiger partial charge on any atom is 0.0587 e. The second kappa shape index (κ2) is 5.67. The summed E-state index contributed by atoms with van der Waals surface area (Å²) in [6, 6.07) is 7.15. The van der Waals surface area contributed by atoms with E-state index in [0.717, 1.165) is 6.42 Å². The van der Waals surface area contributed by atoms with Crippen molar-refractivity contribution in [1.29, 1.82) is 0 Å². The Bertz CT molecular complexity index is 525. The normalized spacial score (nSPS) is 12.5. The van der Waals surface area contributed by atoms with Crippen LogP contribution < -0.4 is 5.73 Å². The summed E-state index contributed by atoms with van der Waals surface area (Å²) >= 11 is 7.66. The van der Waals surface area contributed by atoms with Gasteiger partial charge in [0.15, 0.2) is 0 Å². The highest BCUT2D eigenvalue weighted by molar-refractivity contribution is 7.85. The molecule has 2 N–H and O–H groups in total. The van der Waals surface area contributed by atoms with E-state index < -0.39 is 10.8 Å². The van der Waals surface area contributed by atoms with Gasteiger partial charge in [-0.3, -0.25) is 4.21 Å². The topological polar surface area (TPSA) is 43.1 Å². The number of anilines is 1. The fraction of sp³-hybridized carbons (Fsp3) is 0.167. The zero-order valence-corrected chi connectivity index (χ0v) is 11.4. The van der Waals surface area contributed by atoms with Gasteiger partial charge >= 0.3 is 0 Å². The molecule has 2 rings (SSSR count). The van der Waals surface area contributed by atoms with Crippen LogP contribution in [0.1, 0.15) is 5.56 Å². The third-order valence-corrected chi connectivity index (χ3v) is 4.94. The molecular weight excluding hydrogens is 274 g/mol. The smallest absolute Gasteiger partial charge is 0.0587 e. The van der Waals surface area contributed by atoms with E-state index in [0.29, 0.717) is 21.4 Å². The Morgan fingerprint density at radius 3 is 2.82 bits per heavy atom. The number of hydrogen-bond donors (Lipinski definition) is 1. The van der Waals surface area contributed by atoms with Crippen molar-refractivity contribution >= 4 is 39.4 Å². The van der Waals surface area contributed by atoms with Gasteiger partial charge in [0, 0.05) is 11.4 Å². The maximum atomic E-state index is 12.1. The minimum absolute atomic E-state index is 0.480. The second-order valence-electron chi connectivity index (χ2n) is 3.62. The fourth-order valence-corrected chi connectivity index (χ4v) is 3.74. The molecule has 0 aliphatic heterocycles. The highest BCUT2D eigenvalue weighted by Gasteiger charge is 2.09. The van der Waals surface area contributed by atoms with Gasteiger partial charge in [0.1, 0.15) is 0 Å². The van der Waals surface area contributed by atoms with Gasteiger partial charge in [-0.05, 0) is 47.0 Å². The first-order valence-corrected chi connectivity index (χ1v) is 7.75. The minimum Gasteiger partial charge on any atom is -0.399 e. The summed E-state index contributed by atoms with van der Waals surface area (Å²) < 4.78 is 12.1. The van der Waals surface area contributed by atoms with Crippen molar-refractivity contribution in [2.75, 3.05) is 11.5 Å². The molecule has 2 nitrogen and oxygen atoms in total. The van der Waals surface area contributed by atoms with Gasteiger partial charge in [0.25, 0.3) is 0 Å². The molecule has 5 heteroatoms. The van der Waals surface area contributed by atoms with E-state index in [9.17, 15) is 4.21 Å². The molecule has 0 spiro atoms. The second-order valence-corrected chi connectivity index (χ2v) is 6.35. The van der Waals surface area contributed by atoms with Crippen molar-refractivity contribution in [1.82, 2.24) is 0 Å². The van der Waals surface area contributed by atoms with E-state index in [1.807, 2.05) is 11.4 Å². The monoisotopic (exact) mass is 285 g/mol. The predicted molar refractivity (Wildman–Crippen MR) is 75.2 cm³/mol. The molecule has 1 unspecified atom stereocenters. The standard InChI is InChI=1S/C12H12ClNOS2/c13-11-7-10(14)1-2-12(11)17(15)6-4-9-3-5-16-8-9/h1-3,5,7-8H,4,6,14H2.